The number of benzene rings is 3. The lowest BCUT2D eigenvalue weighted by molar-refractivity contribution is -0.133. The van der Waals surface area contributed by atoms with Gasteiger partial charge in [0, 0.05) is 27.2 Å². The number of piperidine rings is 1. The second-order valence-electron chi connectivity index (χ2n) is 10.1. The van der Waals surface area contributed by atoms with Crippen molar-refractivity contribution < 1.29 is 19.7 Å². The lowest BCUT2D eigenvalue weighted by Gasteiger charge is -2.41. The van der Waals surface area contributed by atoms with Gasteiger partial charge in [-0.3, -0.25) is 4.79 Å². The first-order valence-corrected chi connectivity index (χ1v) is 13.0. The molecular weight excluding hydrogens is 464 g/mol. The van der Waals surface area contributed by atoms with Crippen LogP contribution in [0.1, 0.15) is 36.0 Å². The fraction of sp³-hybridized carbons (Fsp3) is 0.387. The van der Waals surface area contributed by atoms with Gasteiger partial charge in [0.25, 0.3) is 0 Å². The molecule has 3 aromatic carbocycles. The van der Waals surface area contributed by atoms with E-state index in [0.717, 1.165) is 36.3 Å². The largest absolute Gasteiger partial charge is 0.491 e. The number of rotatable bonds is 10. The van der Waals surface area contributed by atoms with Crippen LogP contribution < -0.4 is 4.74 Å². The third-order valence-electron chi connectivity index (χ3n) is 7.54. The molecule has 4 rings (SSSR count). The van der Waals surface area contributed by atoms with Gasteiger partial charge in [-0.25, -0.2) is 0 Å². The van der Waals surface area contributed by atoms with Gasteiger partial charge >= 0.3 is 0 Å². The van der Waals surface area contributed by atoms with E-state index in [1.54, 1.807) is 4.90 Å². The average molecular weight is 503 g/mol. The molecule has 6 heteroatoms. The van der Waals surface area contributed by atoms with E-state index in [4.69, 9.17) is 9.84 Å². The maximum atomic E-state index is 13.9. The zero-order valence-corrected chi connectivity index (χ0v) is 21.8. The Labute approximate surface area is 220 Å². The van der Waals surface area contributed by atoms with Crippen LogP contribution in [0.5, 0.6) is 5.75 Å². The van der Waals surface area contributed by atoms with Crippen LogP contribution in [0, 0.1) is 0 Å². The minimum Gasteiger partial charge on any atom is -0.491 e. The minimum absolute atomic E-state index is 0.0303. The number of likely N-dealkylation sites (tertiary alicyclic amines) is 1. The van der Waals surface area contributed by atoms with E-state index in [1.807, 2.05) is 74.8 Å². The third-order valence-corrected chi connectivity index (χ3v) is 7.54. The number of nitrogens with zero attached hydrogens (tertiary/aromatic N) is 2. The van der Waals surface area contributed by atoms with Crippen molar-refractivity contribution in [2.24, 2.45) is 0 Å². The molecular formula is C31H38N2O4. The van der Waals surface area contributed by atoms with Crippen LogP contribution in [-0.4, -0.2) is 72.9 Å². The summed E-state index contributed by atoms with van der Waals surface area (Å²) in [6.45, 7) is 2.46. The first-order chi connectivity index (χ1) is 17.9. The molecule has 0 unspecified atom stereocenters. The van der Waals surface area contributed by atoms with Crippen molar-refractivity contribution in [1.29, 1.82) is 0 Å². The smallest absolute Gasteiger partial charge is 0.237 e. The Morgan fingerprint density at radius 2 is 1.46 bits per heavy atom. The number of hydrogen-bond acceptors (Lipinski definition) is 5. The highest BCUT2D eigenvalue weighted by Gasteiger charge is 2.43. The summed E-state index contributed by atoms with van der Waals surface area (Å²) >= 11 is 0. The first-order valence-electron chi connectivity index (χ1n) is 13.0. The van der Waals surface area contributed by atoms with Crippen molar-refractivity contribution >= 4 is 5.91 Å². The minimum atomic E-state index is -0.887. The summed E-state index contributed by atoms with van der Waals surface area (Å²) in [5.74, 6) is 0.754. The molecule has 0 aliphatic carbocycles. The molecule has 3 aromatic rings. The zero-order chi connectivity index (χ0) is 26.3. The molecule has 6 nitrogen and oxygen atoms in total. The number of aliphatic hydroxyl groups excluding tert-OH is 1. The van der Waals surface area contributed by atoms with Gasteiger partial charge in [0.2, 0.25) is 5.91 Å². The van der Waals surface area contributed by atoms with Crippen LogP contribution in [0.25, 0.3) is 0 Å². The molecule has 0 spiro atoms. The molecule has 0 aromatic heterocycles. The summed E-state index contributed by atoms with van der Waals surface area (Å²) in [6, 6.07) is 27.7. The molecule has 0 saturated carbocycles. The molecule has 2 N–H and O–H groups in total. The Balaban J connectivity index is 1.51. The lowest BCUT2D eigenvalue weighted by atomic mass is 9.70. The molecule has 1 fully saturated rings. The Morgan fingerprint density at radius 3 is 1.95 bits per heavy atom. The van der Waals surface area contributed by atoms with E-state index >= 15 is 0 Å². The number of likely N-dealkylation sites (N-methyl/N-ethyl adjacent to an activating group) is 1. The summed E-state index contributed by atoms with van der Waals surface area (Å²) in [5, 5.41) is 20.3. The van der Waals surface area contributed by atoms with Crippen molar-refractivity contribution in [3.63, 3.8) is 0 Å². The Morgan fingerprint density at radius 1 is 0.919 bits per heavy atom. The highest BCUT2D eigenvalue weighted by molar-refractivity contribution is 5.91. The second kappa shape index (κ2) is 11.9. The number of hydrogen-bond donors (Lipinski definition) is 2. The molecule has 1 amide bonds. The second-order valence-corrected chi connectivity index (χ2v) is 10.1. The van der Waals surface area contributed by atoms with Crippen molar-refractivity contribution in [1.82, 2.24) is 9.80 Å². The van der Waals surface area contributed by atoms with Crippen molar-refractivity contribution in [2.45, 2.75) is 30.3 Å². The average Bonchev–Trinajstić information content (AvgIpc) is 2.94. The van der Waals surface area contributed by atoms with E-state index < -0.39 is 11.0 Å². The molecule has 1 saturated heterocycles. The molecule has 1 heterocycles. The van der Waals surface area contributed by atoms with Gasteiger partial charge in [0.05, 0.1) is 12.2 Å². The lowest BCUT2D eigenvalue weighted by Crippen LogP contribution is -2.48. The van der Waals surface area contributed by atoms with Gasteiger partial charge in [-0.05, 0) is 54.6 Å². The van der Waals surface area contributed by atoms with Gasteiger partial charge in [-0.2, -0.15) is 0 Å². The predicted octanol–water partition coefficient (Wildman–Crippen LogP) is 3.81. The predicted molar refractivity (Wildman–Crippen MR) is 146 cm³/mol. The molecule has 37 heavy (non-hydrogen) atoms. The number of carbonyl (C=O) groups excluding carboxylic acids is 1. The van der Waals surface area contributed by atoms with Gasteiger partial charge in [0.1, 0.15) is 17.8 Å². The van der Waals surface area contributed by atoms with E-state index in [2.05, 4.69) is 29.2 Å². The van der Waals surface area contributed by atoms with Gasteiger partial charge in [-0.15, -0.1) is 0 Å². The number of ether oxygens (including phenoxy) is 1. The maximum absolute atomic E-state index is 13.9. The molecule has 1 aliphatic heterocycles. The van der Waals surface area contributed by atoms with Crippen LogP contribution in [0.3, 0.4) is 0 Å². The Bertz CT molecular complexity index is 1090. The van der Waals surface area contributed by atoms with Crippen LogP contribution in [0.4, 0.5) is 0 Å². The first kappa shape index (κ1) is 26.9. The number of carbonyl (C=O) groups is 1. The third kappa shape index (κ3) is 5.87. The van der Waals surface area contributed by atoms with E-state index in [1.165, 1.54) is 0 Å². The highest BCUT2D eigenvalue weighted by atomic mass is 16.5. The SMILES string of the molecule is CN(C)C(=O)C(CCN1CCC(O)(c2ccc(OCCO)cc2)CC1)(c1ccccc1)c1ccccc1. The topological polar surface area (TPSA) is 73.2 Å². The van der Waals surface area contributed by atoms with E-state index in [-0.39, 0.29) is 19.1 Å². The standard InChI is InChI=1S/C31H38N2O4/c1-32(2)29(35)31(26-9-5-3-6-10-26,27-11-7-4-8-12-27)19-22-33-20-17-30(36,18-21-33)25-13-15-28(16-14-25)37-24-23-34/h3-16,34,36H,17-24H2,1-2H3. The van der Waals surface area contributed by atoms with Crippen molar-refractivity contribution in [3.8, 4) is 5.75 Å². The molecule has 196 valence electrons. The summed E-state index contributed by atoms with van der Waals surface area (Å²) < 4.78 is 5.45. The van der Waals surface area contributed by atoms with E-state index in [0.29, 0.717) is 25.0 Å². The maximum Gasteiger partial charge on any atom is 0.237 e. The molecule has 1 aliphatic rings. The number of aliphatic hydroxyl groups is 2. The van der Waals surface area contributed by atoms with Crippen molar-refractivity contribution in [3.05, 3.63) is 102 Å². The fourth-order valence-corrected chi connectivity index (χ4v) is 5.42. The van der Waals surface area contributed by atoms with Crippen LogP contribution in [0.2, 0.25) is 0 Å². The number of amides is 1. The van der Waals surface area contributed by atoms with Gasteiger partial charge in [-0.1, -0.05) is 72.8 Å². The van der Waals surface area contributed by atoms with Gasteiger partial charge < -0.3 is 24.7 Å². The van der Waals surface area contributed by atoms with Gasteiger partial charge in [0.15, 0.2) is 0 Å². The Kier molecular flexibility index (Phi) is 8.64. The summed E-state index contributed by atoms with van der Waals surface area (Å²) in [4.78, 5) is 17.9. The monoisotopic (exact) mass is 502 g/mol. The van der Waals surface area contributed by atoms with Crippen molar-refractivity contribution in [2.75, 3.05) is 46.9 Å². The summed E-state index contributed by atoms with van der Waals surface area (Å²) in [7, 11) is 3.65. The molecule has 0 radical (unpaired) electrons. The van der Waals surface area contributed by atoms with Crippen LogP contribution in [0.15, 0.2) is 84.9 Å². The zero-order valence-electron chi connectivity index (χ0n) is 21.8. The highest BCUT2D eigenvalue weighted by Crippen LogP contribution is 2.39. The van der Waals surface area contributed by atoms with Crippen LogP contribution in [-0.2, 0) is 15.8 Å². The van der Waals surface area contributed by atoms with Crippen LogP contribution >= 0.6 is 0 Å². The summed E-state index contributed by atoms with van der Waals surface area (Å²) in [6.07, 6.45) is 1.89. The molecule has 0 bridgehead atoms. The van der Waals surface area contributed by atoms with E-state index in [9.17, 15) is 9.90 Å². The fourth-order valence-electron chi connectivity index (χ4n) is 5.42. The quantitative estimate of drug-likeness (QED) is 0.441. The molecule has 0 atom stereocenters. The Hall–Kier alpha value is -3.19. The summed E-state index contributed by atoms with van der Waals surface area (Å²) in [5.41, 5.74) is 1.20. The normalized spacial score (nSPS) is 15.8.